The summed E-state index contributed by atoms with van der Waals surface area (Å²) in [6, 6.07) is 6.02. The molecule has 178 valence electrons. The topological polar surface area (TPSA) is 177 Å². The largest absolute Gasteiger partial charge is 0.480 e. The van der Waals surface area contributed by atoms with Gasteiger partial charge in [0, 0.05) is 6.42 Å². The first-order valence-electron chi connectivity index (χ1n) is 10.8. The van der Waals surface area contributed by atoms with Gasteiger partial charge in [0.05, 0.1) is 6.54 Å². The van der Waals surface area contributed by atoms with Crippen LogP contribution in [0.15, 0.2) is 30.3 Å². The van der Waals surface area contributed by atoms with Gasteiger partial charge in [-0.05, 0) is 37.3 Å². The molecule has 3 unspecified atom stereocenters. The zero-order chi connectivity index (χ0) is 24.1. The third kappa shape index (κ3) is 9.44. The number of benzene rings is 1. The summed E-state index contributed by atoms with van der Waals surface area (Å²) in [5, 5.41) is 17.2. The van der Waals surface area contributed by atoms with Gasteiger partial charge in [0.2, 0.25) is 17.7 Å². The van der Waals surface area contributed by atoms with Crippen molar-refractivity contribution < 1.29 is 24.3 Å². The van der Waals surface area contributed by atoms with Crippen molar-refractivity contribution in [3.05, 3.63) is 35.9 Å². The van der Waals surface area contributed by atoms with Crippen molar-refractivity contribution in [1.29, 1.82) is 0 Å². The lowest BCUT2D eigenvalue weighted by molar-refractivity contribution is -0.143. The van der Waals surface area contributed by atoms with E-state index in [1.807, 2.05) is 6.07 Å². The summed E-state index contributed by atoms with van der Waals surface area (Å²) in [6.45, 7) is 3.53. The Balaban J connectivity index is 3.05. The molecule has 0 fully saturated rings. The molecule has 3 amide bonds. The van der Waals surface area contributed by atoms with Crippen LogP contribution >= 0.6 is 0 Å². The summed E-state index contributed by atoms with van der Waals surface area (Å²) >= 11 is 0. The molecule has 0 aliphatic carbocycles. The molecular weight excluding hydrogens is 414 g/mol. The molecular formula is C22H35N5O5. The Hall–Kier alpha value is -2.98. The van der Waals surface area contributed by atoms with E-state index in [9.17, 15) is 24.3 Å². The first-order chi connectivity index (χ1) is 15.2. The summed E-state index contributed by atoms with van der Waals surface area (Å²) < 4.78 is 0. The van der Waals surface area contributed by atoms with E-state index in [1.54, 1.807) is 38.1 Å². The van der Waals surface area contributed by atoms with Crippen LogP contribution in [0.3, 0.4) is 0 Å². The fourth-order valence-corrected chi connectivity index (χ4v) is 3.11. The number of amides is 3. The summed E-state index contributed by atoms with van der Waals surface area (Å²) in [7, 11) is 0. The molecule has 0 aromatic heterocycles. The second-order valence-corrected chi connectivity index (χ2v) is 7.93. The molecule has 0 aliphatic heterocycles. The van der Waals surface area contributed by atoms with Crippen molar-refractivity contribution in [2.24, 2.45) is 17.4 Å². The molecule has 0 spiro atoms. The van der Waals surface area contributed by atoms with Gasteiger partial charge in [-0.2, -0.15) is 0 Å². The van der Waals surface area contributed by atoms with Crippen LogP contribution in [0.2, 0.25) is 0 Å². The lowest BCUT2D eigenvalue weighted by atomic mass is 10.0. The Morgan fingerprint density at radius 2 is 1.53 bits per heavy atom. The molecule has 0 heterocycles. The molecule has 10 nitrogen and oxygen atoms in total. The number of nitrogens with one attached hydrogen (secondary N) is 3. The van der Waals surface area contributed by atoms with Crippen LogP contribution in [0.25, 0.3) is 0 Å². The van der Waals surface area contributed by atoms with Crippen molar-refractivity contribution in [3.63, 3.8) is 0 Å². The molecule has 3 atom stereocenters. The highest BCUT2D eigenvalue weighted by Gasteiger charge is 2.30. The predicted molar refractivity (Wildman–Crippen MR) is 120 cm³/mol. The van der Waals surface area contributed by atoms with E-state index in [0.29, 0.717) is 25.8 Å². The van der Waals surface area contributed by atoms with Crippen LogP contribution in [0, 0.1) is 5.92 Å². The maximum atomic E-state index is 13.0. The van der Waals surface area contributed by atoms with Gasteiger partial charge in [-0.1, -0.05) is 44.2 Å². The molecule has 10 heteroatoms. The van der Waals surface area contributed by atoms with Crippen LogP contribution in [0.4, 0.5) is 0 Å². The van der Waals surface area contributed by atoms with Crippen LogP contribution in [-0.4, -0.2) is 60.0 Å². The Labute approximate surface area is 188 Å². The van der Waals surface area contributed by atoms with Crippen molar-refractivity contribution in [2.45, 2.75) is 57.7 Å². The van der Waals surface area contributed by atoms with Crippen LogP contribution < -0.4 is 27.4 Å². The fourth-order valence-electron chi connectivity index (χ4n) is 3.11. The number of hydrogen-bond donors (Lipinski definition) is 6. The van der Waals surface area contributed by atoms with Crippen LogP contribution in [0.5, 0.6) is 0 Å². The van der Waals surface area contributed by atoms with E-state index in [0.717, 1.165) is 5.56 Å². The lowest BCUT2D eigenvalue weighted by Crippen LogP contribution is -2.57. The van der Waals surface area contributed by atoms with Gasteiger partial charge in [0.25, 0.3) is 0 Å². The first kappa shape index (κ1) is 27.1. The summed E-state index contributed by atoms with van der Waals surface area (Å²) in [4.78, 5) is 49.2. The average Bonchev–Trinajstić information content (AvgIpc) is 2.76. The molecule has 0 aliphatic rings. The van der Waals surface area contributed by atoms with Crippen molar-refractivity contribution in [1.82, 2.24) is 16.0 Å². The normalized spacial score (nSPS) is 13.7. The SMILES string of the molecule is CC(C)C(NC(=O)C(Cc1ccccc1)NC(=O)C(CCCCN)NC(=O)CN)C(=O)O. The van der Waals surface area contributed by atoms with Gasteiger partial charge in [-0.25, -0.2) is 4.79 Å². The minimum atomic E-state index is -1.16. The summed E-state index contributed by atoms with van der Waals surface area (Å²) in [5.74, 6) is -3.16. The molecule has 0 radical (unpaired) electrons. The summed E-state index contributed by atoms with van der Waals surface area (Å²) in [6.07, 6.45) is 1.76. The Bertz CT molecular complexity index is 756. The van der Waals surface area contributed by atoms with E-state index in [1.165, 1.54) is 0 Å². The Morgan fingerprint density at radius 1 is 0.906 bits per heavy atom. The zero-order valence-corrected chi connectivity index (χ0v) is 18.7. The third-order valence-corrected chi connectivity index (χ3v) is 4.93. The Morgan fingerprint density at radius 3 is 2.06 bits per heavy atom. The molecule has 1 rings (SSSR count). The number of carboxylic acids is 1. The quantitative estimate of drug-likeness (QED) is 0.208. The highest BCUT2D eigenvalue weighted by molar-refractivity contribution is 5.93. The maximum Gasteiger partial charge on any atom is 0.326 e. The number of unbranched alkanes of at least 4 members (excludes halogenated alkanes) is 1. The van der Waals surface area contributed by atoms with Crippen molar-refractivity contribution in [3.8, 4) is 0 Å². The van der Waals surface area contributed by atoms with Crippen molar-refractivity contribution >= 4 is 23.7 Å². The monoisotopic (exact) mass is 449 g/mol. The van der Waals surface area contributed by atoms with Crippen molar-refractivity contribution in [2.75, 3.05) is 13.1 Å². The van der Waals surface area contributed by atoms with E-state index in [2.05, 4.69) is 16.0 Å². The smallest absolute Gasteiger partial charge is 0.326 e. The number of carbonyl (C=O) groups excluding carboxylic acids is 3. The molecule has 0 bridgehead atoms. The highest BCUT2D eigenvalue weighted by Crippen LogP contribution is 2.08. The van der Waals surface area contributed by atoms with E-state index >= 15 is 0 Å². The number of carbonyl (C=O) groups is 4. The number of nitrogens with two attached hydrogens (primary N) is 2. The number of rotatable bonds is 14. The maximum absolute atomic E-state index is 13.0. The molecule has 0 saturated carbocycles. The second kappa shape index (κ2) is 14.2. The van der Waals surface area contributed by atoms with E-state index in [-0.39, 0.29) is 18.9 Å². The van der Waals surface area contributed by atoms with Gasteiger partial charge >= 0.3 is 5.97 Å². The van der Waals surface area contributed by atoms with Crippen LogP contribution in [-0.2, 0) is 25.6 Å². The predicted octanol–water partition coefficient (Wildman–Crippen LogP) is -0.488. The molecule has 32 heavy (non-hydrogen) atoms. The average molecular weight is 450 g/mol. The van der Waals surface area contributed by atoms with Gasteiger partial charge in [0.1, 0.15) is 18.1 Å². The highest BCUT2D eigenvalue weighted by atomic mass is 16.4. The van der Waals surface area contributed by atoms with Gasteiger partial charge in [0.15, 0.2) is 0 Å². The third-order valence-electron chi connectivity index (χ3n) is 4.93. The van der Waals surface area contributed by atoms with E-state index < -0.39 is 41.8 Å². The molecule has 0 saturated heterocycles. The number of carboxylic acid groups (broad SMARTS) is 1. The number of aliphatic carboxylic acids is 1. The van der Waals surface area contributed by atoms with Gasteiger partial charge in [-0.3, -0.25) is 14.4 Å². The minimum Gasteiger partial charge on any atom is -0.480 e. The fraction of sp³-hybridized carbons (Fsp3) is 0.545. The van der Waals surface area contributed by atoms with E-state index in [4.69, 9.17) is 11.5 Å². The minimum absolute atomic E-state index is 0.156. The van der Waals surface area contributed by atoms with Gasteiger partial charge < -0.3 is 32.5 Å². The standard InChI is InChI=1S/C22H35N5O5/c1-14(2)19(22(31)32)27-21(30)17(12-15-8-4-3-5-9-15)26-20(29)16(10-6-7-11-23)25-18(28)13-24/h3-5,8-9,14,16-17,19H,6-7,10-13,23-24H2,1-2H3,(H,25,28)(H,26,29)(H,27,30)(H,31,32). The van der Waals surface area contributed by atoms with Crippen LogP contribution in [0.1, 0.15) is 38.7 Å². The molecule has 8 N–H and O–H groups in total. The Kier molecular flexibility index (Phi) is 12.0. The van der Waals surface area contributed by atoms with Gasteiger partial charge in [-0.15, -0.1) is 0 Å². The summed E-state index contributed by atoms with van der Waals surface area (Å²) in [5.41, 5.74) is 11.7. The first-order valence-corrected chi connectivity index (χ1v) is 10.8. The second-order valence-electron chi connectivity index (χ2n) is 7.93. The lowest BCUT2D eigenvalue weighted by Gasteiger charge is -2.25. The molecule has 1 aromatic carbocycles. The molecule has 1 aromatic rings. The number of hydrogen-bond acceptors (Lipinski definition) is 6. The zero-order valence-electron chi connectivity index (χ0n) is 18.7.